The van der Waals surface area contributed by atoms with Crippen molar-refractivity contribution in [3.63, 3.8) is 0 Å². The summed E-state index contributed by atoms with van der Waals surface area (Å²) in [6.45, 7) is 2.38. The lowest BCUT2D eigenvalue weighted by atomic mass is 9.85. The normalized spacial score (nSPS) is 38.6. The predicted octanol–water partition coefficient (Wildman–Crippen LogP) is -0.362. The minimum absolute atomic E-state index is 0.0702. The Hall–Kier alpha value is -1.47. The van der Waals surface area contributed by atoms with Crippen LogP contribution in [0.5, 0.6) is 0 Å². The second kappa shape index (κ2) is 4.28. The zero-order valence-corrected chi connectivity index (χ0v) is 10.7. The molecule has 1 saturated carbocycles. The molecule has 1 aromatic rings. The number of aromatic amines is 2. The molecule has 2 rings (SSSR count). The van der Waals surface area contributed by atoms with Crippen molar-refractivity contribution in [1.82, 2.24) is 9.97 Å². The summed E-state index contributed by atoms with van der Waals surface area (Å²) in [5, 5.41) is 19.4. The monoisotopic (exact) mass is 272 g/mol. The molecular weight excluding hydrogens is 255 g/mol. The van der Waals surface area contributed by atoms with Crippen molar-refractivity contribution < 1.29 is 14.6 Å². The van der Waals surface area contributed by atoms with Gasteiger partial charge in [-0.05, 0) is 13.3 Å². The van der Waals surface area contributed by atoms with Gasteiger partial charge in [0.25, 0.3) is 5.56 Å². The van der Waals surface area contributed by atoms with Gasteiger partial charge in [0.05, 0.1) is 12.7 Å². The summed E-state index contributed by atoms with van der Waals surface area (Å²) in [5.41, 5.74) is -4.34. The van der Waals surface area contributed by atoms with Gasteiger partial charge in [0, 0.05) is 23.1 Å². The summed E-state index contributed by atoms with van der Waals surface area (Å²) >= 11 is 0. The molecule has 1 heterocycles. The maximum absolute atomic E-state index is 14.7. The molecule has 1 aromatic heterocycles. The fourth-order valence-corrected chi connectivity index (χ4v) is 2.89. The molecule has 4 atom stereocenters. The van der Waals surface area contributed by atoms with Crippen molar-refractivity contribution in [1.29, 1.82) is 0 Å². The average molecular weight is 272 g/mol. The summed E-state index contributed by atoms with van der Waals surface area (Å²) in [4.78, 5) is 27.0. The van der Waals surface area contributed by atoms with Crippen LogP contribution in [0, 0.1) is 5.41 Å². The zero-order chi connectivity index (χ0) is 14.4. The predicted molar refractivity (Wildman–Crippen MR) is 65.8 cm³/mol. The number of aliphatic hydroxyl groups is 2. The van der Waals surface area contributed by atoms with E-state index in [0.717, 1.165) is 0 Å². The van der Waals surface area contributed by atoms with Crippen molar-refractivity contribution in [3.8, 4) is 0 Å². The molecule has 1 aliphatic rings. The van der Waals surface area contributed by atoms with Crippen molar-refractivity contribution in [2.45, 2.75) is 38.0 Å². The van der Waals surface area contributed by atoms with Gasteiger partial charge >= 0.3 is 5.69 Å². The van der Waals surface area contributed by atoms with E-state index in [1.165, 1.54) is 13.1 Å². The molecule has 0 spiro atoms. The zero-order valence-electron chi connectivity index (χ0n) is 10.7. The topological polar surface area (TPSA) is 106 Å². The highest BCUT2D eigenvalue weighted by molar-refractivity contribution is 5.24. The van der Waals surface area contributed by atoms with Gasteiger partial charge < -0.3 is 15.2 Å². The van der Waals surface area contributed by atoms with Gasteiger partial charge in [-0.1, -0.05) is 6.92 Å². The van der Waals surface area contributed by atoms with Gasteiger partial charge in [-0.2, -0.15) is 0 Å². The largest absolute Gasteiger partial charge is 0.396 e. The summed E-state index contributed by atoms with van der Waals surface area (Å²) in [6.07, 6.45) is -0.104. The number of hydrogen-bond donors (Lipinski definition) is 4. The van der Waals surface area contributed by atoms with Crippen LogP contribution >= 0.6 is 0 Å². The molecule has 106 valence electrons. The molecule has 4 N–H and O–H groups in total. The minimum Gasteiger partial charge on any atom is -0.396 e. The van der Waals surface area contributed by atoms with Gasteiger partial charge in [0.15, 0.2) is 0 Å². The van der Waals surface area contributed by atoms with Crippen molar-refractivity contribution >= 4 is 0 Å². The molecular formula is C12H17FN2O4. The van der Waals surface area contributed by atoms with Crippen LogP contribution < -0.4 is 11.2 Å². The van der Waals surface area contributed by atoms with E-state index in [-0.39, 0.29) is 18.6 Å². The van der Waals surface area contributed by atoms with E-state index in [2.05, 4.69) is 4.98 Å². The SMILES string of the molecule is C[C@]1(CO)C[C@@H](c2c[nH]c(=O)[nH]c2=O)[C@](C)(F)[C@@H]1O. The first kappa shape index (κ1) is 14.0. The van der Waals surface area contributed by atoms with Crippen molar-refractivity contribution in [2.75, 3.05) is 6.61 Å². The number of H-pyrrole nitrogens is 2. The molecule has 0 aromatic carbocycles. The standard InChI is InChI=1S/C12H17FN2O4/c1-11(5-16)3-7(12(2,13)9(11)18)6-4-14-10(19)15-8(6)17/h4,7,9,16,18H,3,5H2,1-2H3,(H2,14,15,17,19)/t7-,9+,11+,12-/m0/s1. The van der Waals surface area contributed by atoms with Gasteiger partial charge in [-0.15, -0.1) is 0 Å². The Morgan fingerprint density at radius 1 is 1.47 bits per heavy atom. The van der Waals surface area contributed by atoms with Gasteiger partial charge in [0.1, 0.15) is 5.67 Å². The Kier molecular flexibility index (Phi) is 3.14. The maximum Gasteiger partial charge on any atom is 0.325 e. The molecule has 7 heteroatoms. The highest BCUT2D eigenvalue weighted by Gasteiger charge is 2.59. The number of hydrogen-bond acceptors (Lipinski definition) is 4. The van der Waals surface area contributed by atoms with Crippen molar-refractivity contribution in [3.05, 3.63) is 32.6 Å². The molecule has 0 saturated heterocycles. The van der Waals surface area contributed by atoms with Crippen LogP contribution in [0.1, 0.15) is 31.7 Å². The third-order valence-corrected chi connectivity index (χ3v) is 4.13. The molecule has 0 bridgehead atoms. The second-order valence-corrected chi connectivity index (χ2v) is 5.65. The van der Waals surface area contributed by atoms with Crippen LogP contribution in [0.15, 0.2) is 15.8 Å². The lowest BCUT2D eigenvalue weighted by molar-refractivity contribution is -0.0510. The molecule has 0 amide bonds. The molecule has 0 radical (unpaired) electrons. The smallest absolute Gasteiger partial charge is 0.325 e. The Morgan fingerprint density at radius 2 is 2.11 bits per heavy atom. The Balaban J connectivity index is 2.51. The first-order chi connectivity index (χ1) is 8.72. The number of halogens is 1. The molecule has 0 aliphatic heterocycles. The summed E-state index contributed by atoms with van der Waals surface area (Å²) in [5.74, 6) is -0.889. The van der Waals surface area contributed by atoms with Crippen LogP contribution in [0.25, 0.3) is 0 Å². The van der Waals surface area contributed by atoms with Crippen LogP contribution in [-0.4, -0.2) is 38.6 Å². The van der Waals surface area contributed by atoms with Gasteiger partial charge in [-0.3, -0.25) is 9.78 Å². The number of rotatable bonds is 2. The molecule has 1 aliphatic carbocycles. The van der Waals surface area contributed by atoms with Crippen LogP contribution in [-0.2, 0) is 0 Å². The summed E-state index contributed by atoms with van der Waals surface area (Å²) in [7, 11) is 0. The van der Waals surface area contributed by atoms with Crippen LogP contribution in [0.2, 0.25) is 0 Å². The number of aliphatic hydroxyl groups excluding tert-OH is 2. The van der Waals surface area contributed by atoms with E-state index >= 15 is 0 Å². The lowest BCUT2D eigenvalue weighted by Gasteiger charge is -2.29. The number of nitrogens with one attached hydrogen (secondary N) is 2. The van der Waals surface area contributed by atoms with E-state index in [1.54, 1.807) is 6.92 Å². The first-order valence-electron chi connectivity index (χ1n) is 6.02. The van der Waals surface area contributed by atoms with Gasteiger partial charge in [0.2, 0.25) is 0 Å². The van der Waals surface area contributed by atoms with Gasteiger partial charge in [-0.25, -0.2) is 9.18 Å². The Labute approximate surface area is 108 Å². The fraction of sp³-hybridized carbons (Fsp3) is 0.667. The quantitative estimate of drug-likeness (QED) is 0.589. The minimum atomic E-state index is -2.05. The highest BCUT2D eigenvalue weighted by Crippen LogP contribution is 2.53. The summed E-state index contributed by atoms with van der Waals surface area (Å²) < 4.78 is 14.7. The summed E-state index contributed by atoms with van der Waals surface area (Å²) in [6, 6.07) is 0. The van der Waals surface area contributed by atoms with E-state index in [9.17, 15) is 24.2 Å². The Bertz CT molecular complexity index is 594. The van der Waals surface area contributed by atoms with Crippen molar-refractivity contribution in [2.24, 2.45) is 5.41 Å². The van der Waals surface area contributed by atoms with E-state index < -0.39 is 34.4 Å². The van der Waals surface area contributed by atoms with E-state index in [0.29, 0.717) is 0 Å². The number of alkyl halides is 1. The van der Waals surface area contributed by atoms with E-state index in [1.807, 2.05) is 4.98 Å². The molecule has 19 heavy (non-hydrogen) atoms. The van der Waals surface area contributed by atoms with E-state index in [4.69, 9.17) is 0 Å². The maximum atomic E-state index is 14.7. The lowest BCUT2D eigenvalue weighted by Crippen LogP contribution is -2.42. The Morgan fingerprint density at radius 3 is 2.58 bits per heavy atom. The fourth-order valence-electron chi connectivity index (χ4n) is 2.89. The third kappa shape index (κ3) is 2.02. The highest BCUT2D eigenvalue weighted by atomic mass is 19.1. The van der Waals surface area contributed by atoms with Crippen LogP contribution in [0.3, 0.4) is 0 Å². The molecule has 6 nitrogen and oxygen atoms in total. The second-order valence-electron chi connectivity index (χ2n) is 5.65. The van der Waals surface area contributed by atoms with Crippen LogP contribution in [0.4, 0.5) is 4.39 Å². The first-order valence-corrected chi connectivity index (χ1v) is 6.02. The molecule has 0 unspecified atom stereocenters. The average Bonchev–Trinajstić information content (AvgIpc) is 2.51. The molecule has 1 fully saturated rings. The number of aromatic nitrogens is 2. The third-order valence-electron chi connectivity index (χ3n) is 4.13.